The van der Waals surface area contributed by atoms with Gasteiger partial charge in [-0.2, -0.15) is 23.5 Å². The van der Waals surface area contributed by atoms with Crippen LogP contribution in [0.4, 0.5) is 0 Å². The van der Waals surface area contributed by atoms with Crippen molar-refractivity contribution in [2.24, 2.45) is 5.41 Å². The van der Waals surface area contributed by atoms with Gasteiger partial charge in [0.1, 0.15) is 0 Å². The van der Waals surface area contributed by atoms with Gasteiger partial charge in [-0.05, 0) is 5.41 Å². The van der Waals surface area contributed by atoms with Crippen molar-refractivity contribution in [1.29, 1.82) is 0 Å². The third kappa shape index (κ3) is 3.07. The summed E-state index contributed by atoms with van der Waals surface area (Å²) in [5.74, 6) is 1.09. The molecule has 0 spiro atoms. The Morgan fingerprint density at radius 2 is 1.79 bits per heavy atom. The van der Waals surface area contributed by atoms with Crippen LogP contribution in [0.3, 0.4) is 0 Å². The van der Waals surface area contributed by atoms with Crippen molar-refractivity contribution in [3.8, 4) is 0 Å². The van der Waals surface area contributed by atoms with Crippen LogP contribution in [0.1, 0.15) is 34.6 Å². The first-order chi connectivity index (χ1) is 6.32. The molecule has 1 heterocycles. The van der Waals surface area contributed by atoms with Crippen LogP contribution in [0.25, 0.3) is 0 Å². The maximum absolute atomic E-state index is 10.2. The molecule has 1 nitrogen and oxygen atoms in total. The lowest BCUT2D eigenvalue weighted by atomic mass is 9.87. The summed E-state index contributed by atoms with van der Waals surface area (Å²) in [7, 11) is 0. The Morgan fingerprint density at radius 1 is 1.21 bits per heavy atom. The highest BCUT2D eigenvalue weighted by molar-refractivity contribution is 8.07. The zero-order valence-electron chi connectivity index (χ0n) is 9.78. The molecular weight excluding hydrogens is 212 g/mol. The van der Waals surface area contributed by atoms with Crippen LogP contribution in [0, 0.1) is 5.41 Å². The zero-order chi connectivity index (χ0) is 10.9. The summed E-state index contributed by atoms with van der Waals surface area (Å²) in [6.45, 7) is 10.9. The molecule has 0 radical (unpaired) electrons. The summed E-state index contributed by atoms with van der Waals surface area (Å²) >= 11 is 3.96. The Morgan fingerprint density at radius 3 is 2.21 bits per heavy atom. The molecule has 0 amide bonds. The van der Waals surface area contributed by atoms with Crippen LogP contribution in [-0.2, 0) is 0 Å². The van der Waals surface area contributed by atoms with Crippen molar-refractivity contribution >= 4 is 23.5 Å². The van der Waals surface area contributed by atoms with Crippen molar-refractivity contribution in [2.75, 3.05) is 5.75 Å². The minimum absolute atomic E-state index is 0.0124. The smallest absolute Gasteiger partial charge is 0.0715 e. The predicted octanol–water partition coefficient (Wildman–Crippen LogP) is 3.02. The fourth-order valence-electron chi connectivity index (χ4n) is 1.53. The molecule has 1 saturated heterocycles. The second kappa shape index (κ2) is 4.67. The van der Waals surface area contributed by atoms with E-state index < -0.39 is 0 Å². The van der Waals surface area contributed by atoms with Gasteiger partial charge < -0.3 is 5.11 Å². The molecule has 3 heteroatoms. The number of rotatable bonds is 1. The van der Waals surface area contributed by atoms with E-state index >= 15 is 0 Å². The molecule has 14 heavy (non-hydrogen) atoms. The molecule has 1 aliphatic rings. The van der Waals surface area contributed by atoms with Gasteiger partial charge in [-0.3, -0.25) is 0 Å². The van der Waals surface area contributed by atoms with Crippen LogP contribution in [0.5, 0.6) is 0 Å². The van der Waals surface area contributed by atoms with Gasteiger partial charge in [0.15, 0.2) is 0 Å². The standard InChI is InChI=1S/C11H22OS2/c1-7-8(2)14-9(6-13-7)10(12)11(3,4)5/h7-10,12H,6H2,1-5H3. The normalized spacial score (nSPS) is 36.9. The first kappa shape index (κ1) is 12.7. The van der Waals surface area contributed by atoms with E-state index in [9.17, 15) is 5.11 Å². The number of hydrogen-bond acceptors (Lipinski definition) is 3. The Balaban J connectivity index is 2.55. The number of aliphatic hydroxyl groups excluding tert-OH is 1. The van der Waals surface area contributed by atoms with Gasteiger partial charge in [0, 0.05) is 21.5 Å². The Bertz CT molecular complexity index is 188. The molecule has 1 aliphatic heterocycles. The lowest BCUT2D eigenvalue weighted by Crippen LogP contribution is -2.41. The van der Waals surface area contributed by atoms with Gasteiger partial charge in [-0.1, -0.05) is 34.6 Å². The van der Waals surface area contributed by atoms with Gasteiger partial charge in [0.25, 0.3) is 0 Å². The third-order valence-electron chi connectivity index (χ3n) is 2.81. The molecule has 0 saturated carbocycles. The summed E-state index contributed by atoms with van der Waals surface area (Å²) in [5.41, 5.74) is 0.0124. The molecule has 0 aromatic heterocycles. The van der Waals surface area contributed by atoms with Gasteiger partial charge >= 0.3 is 0 Å². The summed E-state index contributed by atoms with van der Waals surface area (Å²) in [5, 5.41) is 12.0. The molecule has 4 atom stereocenters. The molecule has 0 bridgehead atoms. The minimum atomic E-state index is -0.185. The van der Waals surface area contributed by atoms with Crippen molar-refractivity contribution < 1.29 is 5.11 Å². The second-order valence-corrected chi connectivity index (χ2v) is 8.26. The third-order valence-corrected chi connectivity index (χ3v) is 6.29. The SMILES string of the molecule is CC1SCC(C(O)C(C)(C)C)SC1C. The van der Waals surface area contributed by atoms with E-state index in [1.807, 2.05) is 23.5 Å². The highest BCUT2D eigenvalue weighted by Crippen LogP contribution is 2.40. The highest BCUT2D eigenvalue weighted by Gasteiger charge is 2.35. The van der Waals surface area contributed by atoms with E-state index in [0.29, 0.717) is 10.5 Å². The maximum atomic E-state index is 10.2. The fourth-order valence-corrected chi connectivity index (χ4v) is 4.79. The van der Waals surface area contributed by atoms with Crippen LogP contribution >= 0.6 is 23.5 Å². The van der Waals surface area contributed by atoms with Gasteiger partial charge in [0.2, 0.25) is 0 Å². The molecular formula is C11H22OS2. The molecule has 0 aliphatic carbocycles. The average Bonchev–Trinajstić information content (AvgIpc) is 2.07. The Kier molecular flexibility index (Phi) is 4.24. The lowest BCUT2D eigenvalue weighted by molar-refractivity contribution is 0.0655. The van der Waals surface area contributed by atoms with Crippen molar-refractivity contribution in [1.82, 2.24) is 0 Å². The quantitative estimate of drug-likeness (QED) is 0.753. The minimum Gasteiger partial charge on any atom is -0.391 e. The highest BCUT2D eigenvalue weighted by atomic mass is 32.2. The van der Waals surface area contributed by atoms with Crippen LogP contribution < -0.4 is 0 Å². The first-order valence-electron chi connectivity index (χ1n) is 5.27. The second-order valence-electron chi connectivity index (χ2n) is 5.23. The van der Waals surface area contributed by atoms with Crippen LogP contribution in [0.15, 0.2) is 0 Å². The predicted molar refractivity (Wildman–Crippen MR) is 68.2 cm³/mol. The molecule has 4 unspecified atom stereocenters. The van der Waals surface area contributed by atoms with Crippen LogP contribution in [0.2, 0.25) is 0 Å². The van der Waals surface area contributed by atoms with Gasteiger partial charge in [-0.25, -0.2) is 0 Å². The van der Waals surface area contributed by atoms with Gasteiger partial charge in [-0.15, -0.1) is 0 Å². The zero-order valence-corrected chi connectivity index (χ0v) is 11.4. The van der Waals surface area contributed by atoms with E-state index in [2.05, 4.69) is 34.6 Å². The number of aliphatic hydroxyl groups is 1. The monoisotopic (exact) mass is 234 g/mol. The first-order valence-corrected chi connectivity index (χ1v) is 7.26. The van der Waals surface area contributed by atoms with Gasteiger partial charge in [0.05, 0.1) is 6.10 Å². The summed E-state index contributed by atoms with van der Waals surface area (Å²) in [6, 6.07) is 0. The van der Waals surface area contributed by atoms with Crippen molar-refractivity contribution in [3.63, 3.8) is 0 Å². The summed E-state index contributed by atoms with van der Waals surface area (Å²) in [4.78, 5) is 0. The Hall–Kier alpha value is 0.660. The van der Waals surface area contributed by atoms with E-state index in [1.54, 1.807) is 0 Å². The van der Waals surface area contributed by atoms with E-state index in [4.69, 9.17) is 0 Å². The van der Waals surface area contributed by atoms with E-state index in [1.165, 1.54) is 0 Å². The molecule has 1 fully saturated rings. The molecule has 0 aromatic carbocycles. The van der Waals surface area contributed by atoms with Crippen molar-refractivity contribution in [3.05, 3.63) is 0 Å². The number of hydrogen-bond donors (Lipinski definition) is 1. The topological polar surface area (TPSA) is 20.2 Å². The largest absolute Gasteiger partial charge is 0.391 e. The molecule has 84 valence electrons. The molecule has 1 rings (SSSR count). The molecule has 1 N–H and O–H groups in total. The maximum Gasteiger partial charge on any atom is 0.0715 e. The summed E-state index contributed by atoms with van der Waals surface area (Å²) in [6.07, 6.45) is -0.185. The van der Waals surface area contributed by atoms with E-state index in [0.717, 1.165) is 11.0 Å². The van der Waals surface area contributed by atoms with E-state index in [-0.39, 0.29) is 11.5 Å². The summed E-state index contributed by atoms with van der Waals surface area (Å²) < 4.78 is 0. The average molecular weight is 234 g/mol. The van der Waals surface area contributed by atoms with Crippen LogP contribution in [-0.4, -0.2) is 32.7 Å². The number of thioether (sulfide) groups is 2. The molecule has 0 aromatic rings. The van der Waals surface area contributed by atoms with Crippen molar-refractivity contribution in [2.45, 2.75) is 56.5 Å². The Labute approximate surface area is 96.4 Å². The fraction of sp³-hybridized carbons (Fsp3) is 1.00. The lowest BCUT2D eigenvalue weighted by Gasteiger charge is -2.38.